The van der Waals surface area contributed by atoms with Crippen LogP contribution in [0.4, 0.5) is 0 Å². The quantitative estimate of drug-likeness (QED) is 0.686. The highest BCUT2D eigenvalue weighted by atomic mass is 16.5. The highest BCUT2D eigenvalue weighted by molar-refractivity contribution is 5.85. The number of unbranched alkanes of at least 4 members (excludes halogenated alkanes) is 2. The lowest BCUT2D eigenvalue weighted by atomic mass is 9.80. The summed E-state index contributed by atoms with van der Waals surface area (Å²) in [5.41, 5.74) is 0.194. The van der Waals surface area contributed by atoms with Crippen molar-refractivity contribution in [2.75, 3.05) is 6.61 Å². The van der Waals surface area contributed by atoms with Crippen molar-refractivity contribution in [2.45, 2.75) is 58.3 Å². The molecule has 3 nitrogen and oxygen atoms in total. The number of benzene rings is 1. The molecule has 22 heavy (non-hydrogen) atoms. The molecule has 1 fully saturated rings. The molecule has 3 heteroatoms. The topological polar surface area (TPSA) is 49.4 Å². The third-order valence-corrected chi connectivity index (χ3v) is 4.76. The van der Waals surface area contributed by atoms with Gasteiger partial charge in [0.25, 0.3) is 0 Å². The third-order valence-electron chi connectivity index (χ3n) is 4.76. The Morgan fingerprint density at radius 2 is 1.73 bits per heavy atom. The van der Waals surface area contributed by atoms with Gasteiger partial charge in [-0.1, -0.05) is 45.4 Å². The summed E-state index contributed by atoms with van der Waals surface area (Å²) in [6.45, 7) is 3.00. The summed E-state index contributed by atoms with van der Waals surface area (Å²) in [6, 6.07) is 6.49. The van der Waals surface area contributed by atoms with Crippen molar-refractivity contribution < 1.29 is 14.6 Å². The van der Waals surface area contributed by atoms with Gasteiger partial charge in [-0.05, 0) is 54.5 Å². The molecule has 1 aliphatic carbocycles. The van der Waals surface area contributed by atoms with E-state index < -0.39 is 5.97 Å². The van der Waals surface area contributed by atoms with Crippen molar-refractivity contribution in [3.63, 3.8) is 0 Å². The molecule has 1 aromatic carbocycles. The van der Waals surface area contributed by atoms with E-state index in [9.17, 15) is 9.90 Å². The second-order valence-electron chi connectivity index (χ2n) is 6.51. The molecule has 1 saturated carbocycles. The van der Waals surface area contributed by atoms with Crippen LogP contribution in [0.2, 0.25) is 0 Å². The summed E-state index contributed by atoms with van der Waals surface area (Å²) in [7, 11) is 0. The van der Waals surface area contributed by atoms with Crippen LogP contribution in [0, 0.1) is 11.8 Å². The van der Waals surface area contributed by atoms with Gasteiger partial charge in [0.05, 0.1) is 12.6 Å². The second-order valence-corrected chi connectivity index (χ2v) is 6.51. The second kappa shape index (κ2) is 8.82. The Balaban J connectivity index is 1.67. The molecule has 0 unspecified atom stereocenters. The van der Waals surface area contributed by atoms with Gasteiger partial charge in [0.15, 0.2) is 0 Å². The highest BCUT2D eigenvalue weighted by Gasteiger charge is 2.21. The van der Waals surface area contributed by atoms with E-state index in [4.69, 9.17) is 4.74 Å². The summed E-state index contributed by atoms with van der Waals surface area (Å²) in [5, 5.41) is 10.7. The van der Waals surface area contributed by atoms with Gasteiger partial charge in [0.2, 0.25) is 0 Å². The largest absolute Gasteiger partial charge is 0.545 e. The van der Waals surface area contributed by atoms with Gasteiger partial charge in [-0.2, -0.15) is 0 Å². The molecule has 0 aromatic heterocycles. The Kier molecular flexibility index (Phi) is 6.75. The van der Waals surface area contributed by atoms with Crippen LogP contribution in [0.15, 0.2) is 24.3 Å². The van der Waals surface area contributed by atoms with Gasteiger partial charge in [-0.25, -0.2) is 0 Å². The number of carboxylic acid groups (broad SMARTS) is 1. The predicted octanol–water partition coefficient (Wildman–Crippen LogP) is 3.82. The fraction of sp³-hybridized carbons (Fsp3) is 0.632. The van der Waals surface area contributed by atoms with Crippen LogP contribution in [0.1, 0.15) is 68.6 Å². The van der Waals surface area contributed by atoms with Crippen molar-refractivity contribution in [1.82, 2.24) is 0 Å². The molecule has 0 radical (unpaired) electrons. The van der Waals surface area contributed by atoms with Crippen LogP contribution in [-0.4, -0.2) is 12.6 Å². The van der Waals surface area contributed by atoms with Crippen LogP contribution in [0.3, 0.4) is 0 Å². The smallest absolute Gasteiger partial charge is 0.119 e. The molecule has 0 heterocycles. The van der Waals surface area contributed by atoms with E-state index in [0.29, 0.717) is 5.92 Å². The lowest BCUT2D eigenvalue weighted by Crippen LogP contribution is -2.22. The molecular weight excluding hydrogens is 276 g/mol. The maximum absolute atomic E-state index is 10.7. The van der Waals surface area contributed by atoms with Crippen LogP contribution in [0.5, 0.6) is 5.75 Å². The van der Waals surface area contributed by atoms with E-state index in [2.05, 4.69) is 6.92 Å². The first-order valence-corrected chi connectivity index (χ1v) is 8.63. The van der Waals surface area contributed by atoms with E-state index in [0.717, 1.165) is 18.3 Å². The van der Waals surface area contributed by atoms with Crippen LogP contribution in [0.25, 0.3) is 0 Å². The molecule has 0 bridgehead atoms. The van der Waals surface area contributed by atoms with Gasteiger partial charge >= 0.3 is 0 Å². The van der Waals surface area contributed by atoms with E-state index in [1.54, 1.807) is 12.1 Å². The summed E-state index contributed by atoms with van der Waals surface area (Å²) >= 11 is 0. The first-order valence-electron chi connectivity index (χ1n) is 8.63. The zero-order valence-corrected chi connectivity index (χ0v) is 13.6. The molecule has 2 rings (SSSR count). The van der Waals surface area contributed by atoms with Gasteiger partial charge in [0.1, 0.15) is 5.75 Å². The van der Waals surface area contributed by atoms with Gasteiger partial charge in [-0.15, -0.1) is 0 Å². The minimum absolute atomic E-state index is 0.194. The lowest BCUT2D eigenvalue weighted by Gasteiger charge is -2.28. The number of hydrogen-bond acceptors (Lipinski definition) is 3. The Labute approximate surface area is 133 Å². The third kappa shape index (κ3) is 5.36. The standard InChI is InChI=1S/C19H28O3/c1-2-3-4-5-15-6-8-16(9-7-15)14-22-18-12-10-17(11-13-18)19(20)21/h10-13,15-16H,2-9,14H2,1H3,(H,20,21)/p-1. The van der Waals surface area contributed by atoms with E-state index in [1.165, 1.54) is 63.5 Å². The van der Waals surface area contributed by atoms with E-state index >= 15 is 0 Å². The normalized spacial score (nSPS) is 21.5. The number of carbonyl (C=O) groups excluding carboxylic acids is 1. The van der Waals surface area contributed by atoms with Crippen molar-refractivity contribution >= 4 is 5.97 Å². The minimum atomic E-state index is -1.15. The predicted molar refractivity (Wildman–Crippen MR) is 85.9 cm³/mol. The minimum Gasteiger partial charge on any atom is -0.545 e. The number of hydrogen-bond donors (Lipinski definition) is 0. The molecule has 0 spiro atoms. The molecule has 0 amide bonds. The molecule has 0 N–H and O–H groups in total. The average molecular weight is 303 g/mol. The summed E-state index contributed by atoms with van der Waals surface area (Å²) < 4.78 is 5.80. The average Bonchev–Trinajstić information content (AvgIpc) is 2.55. The number of rotatable bonds is 8. The summed E-state index contributed by atoms with van der Waals surface area (Å²) in [6.07, 6.45) is 10.6. The van der Waals surface area contributed by atoms with Crippen molar-refractivity contribution in [2.24, 2.45) is 11.8 Å². The van der Waals surface area contributed by atoms with Crippen molar-refractivity contribution in [3.8, 4) is 5.75 Å². The maximum atomic E-state index is 10.7. The zero-order chi connectivity index (χ0) is 15.8. The summed E-state index contributed by atoms with van der Waals surface area (Å²) in [4.78, 5) is 10.7. The molecule has 0 aliphatic heterocycles. The van der Waals surface area contributed by atoms with E-state index in [1.807, 2.05) is 0 Å². The Bertz CT molecular complexity index is 444. The monoisotopic (exact) mass is 303 g/mol. The van der Waals surface area contributed by atoms with Gasteiger partial charge < -0.3 is 14.6 Å². The highest BCUT2D eigenvalue weighted by Crippen LogP contribution is 2.32. The van der Waals surface area contributed by atoms with E-state index in [-0.39, 0.29) is 5.56 Å². The Morgan fingerprint density at radius 3 is 2.32 bits per heavy atom. The molecule has 1 aliphatic rings. The SMILES string of the molecule is CCCCCC1CCC(COc2ccc(C(=O)[O-])cc2)CC1. The lowest BCUT2D eigenvalue weighted by molar-refractivity contribution is -0.255. The van der Waals surface area contributed by atoms with Crippen LogP contribution in [-0.2, 0) is 0 Å². The molecule has 1 aromatic rings. The van der Waals surface area contributed by atoms with Crippen molar-refractivity contribution in [3.05, 3.63) is 29.8 Å². The number of ether oxygens (including phenoxy) is 1. The Morgan fingerprint density at radius 1 is 1.09 bits per heavy atom. The fourth-order valence-corrected chi connectivity index (χ4v) is 3.27. The molecule has 122 valence electrons. The Hall–Kier alpha value is -1.51. The van der Waals surface area contributed by atoms with Crippen LogP contribution >= 0.6 is 0 Å². The zero-order valence-electron chi connectivity index (χ0n) is 13.6. The fourth-order valence-electron chi connectivity index (χ4n) is 3.27. The summed E-state index contributed by atoms with van der Waals surface area (Å²) in [5.74, 6) is 1.16. The number of carboxylic acids is 1. The van der Waals surface area contributed by atoms with Crippen LogP contribution < -0.4 is 9.84 Å². The van der Waals surface area contributed by atoms with Gasteiger partial charge in [-0.3, -0.25) is 0 Å². The molecule has 0 saturated heterocycles. The first-order chi connectivity index (χ1) is 10.7. The molecular formula is C19H27O3-. The van der Waals surface area contributed by atoms with Crippen molar-refractivity contribution in [1.29, 1.82) is 0 Å². The number of aromatic carboxylic acids is 1. The first kappa shape index (κ1) is 16.9. The molecule has 0 atom stereocenters. The maximum Gasteiger partial charge on any atom is 0.119 e. The van der Waals surface area contributed by atoms with Gasteiger partial charge in [0, 0.05) is 0 Å². The number of carbonyl (C=O) groups is 1.